The first-order valence-electron chi connectivity index (χ1n) is 11.7. The van der Waals surface area contributed by atoms with Crippen molar-refractivity contribution < 1.29 is 9.47 Å². The maximum atomic E-state index is 5.46. The van der Waals surface area contributed by atoms with Crippen LogP contribution < -0.4 is 9.47 Å². The van der Waals surface area contributed by atoms with E-state index >= 15 is 0 Å². The Hall–Kier alpha value is -4.04. The quantitative estimate of drug-likeness (QED) is 0.249. The van der Waals surface area contributed by atoms with E-state index in [1.165, 1.54) is 60.1 Å². The highest BCUT2D eigenvalue weighted by molar-refractivity contribution is 6.28. The van der Waals surface area contributed by atoms with Crippen molar-refractivity contribution in [3.05, 3.63) is 96.6 Å². The van der Waals surface area contributed by atoms with Crippen LogP contribution in [0.15, 0.2) is 91.0 Å². The van der Waals surface area contributed by atoms with Gasteiger partial charge in [-0.1, -0.05) is 73.7 Å². The van der Waals surface area contributed by atoms with Crippen molar-refractivity contribution in [2.24, 2.45) is 0 Å². The molecule has 0 aliphatic carbocycles. The van der Waals surface area contributed by atoms with Gasteiger partial charge in [0.2, 0.25) is 0 Å². The third kappa shape index (κ3) is 3.03. The highest BCUT2D eigenvalue weighted by atomic mass is 16.5. The second-order valence-corrected chi connectivity index (χ2v) is 8.72. The molecule has 6 aromatic rings. The van der Waals surface area contributed by atoms with Crippen LogP contribution in [0.4, 0.5) is 0 Å². The molecular formula is C32H26O2. The van der Waals surface area contributed by atoms with Crippen LogP contribution in [0.5, 0.6) is 11.5 Å². The van der Waals surface area contributed by atoms with Gasteiger partial charge in [-0.05, 0) is 90.8 Å². The number of aryl methyl sites for hydroxylation is 1. The fourth-order valence-electron chi connectivity index (χ4n) is 5.46. The predicted octanol–water partition coefficient (Wildman–Crippen LogP) is 8.50. The summed E-state index contributed by atoms with van der Waals surface area (Å²) in [6, 6.07) is 32.7. The molecule has 0 N–H and O–H groups in total. The number of ether oxygens (including phenoxy) is 2. The number of hydrogen-bond acceptors (Lipinski definition) is 2. The second kappa shape index (κ2) is 8.07. The largest absolute Gasteiger partial charge is 0.497 e. The van der Waals surface area contributed by atoms with Crippen LogP contribution in [-0.2, 0) is 6.42 Å². The van der Waals surface area contributed by atoms with E-state index in [9.17, 15) is 0 Å². The average Bonchev–Trinajstić information content (AvgIpc) is 2.91. The van der Waals surface area contributed by atoms with Crippen LogP contribution in [0.3, 0.4) is 0 Å². The van der Waals surface area contributed by atoms with E-state index in [4.69, 9.17) is 9.47 Å². The van der Waals surface area contributed by atoms with Crippen molar-refractivity contribution in [3.8, 4) is 33.8 Å². The molecule has 0 saturated heterocycles. The van der Waals surface area contributed by atoms with Crippen molar-refractivity contribution in [2.75, 3.05) is 14.2 Å². The van der Waals surface area contributed by atoms with E-state index in [2.05, 4.69) is 97.9 Å². The van der Waals surface area contributed by atoms with Gasteiger partial charge in [0.15, 0.2) is 0 Å². The summed E-state index contributed by atoms with van der Waals surface area (Å²) in [5, 5.41) is 7.90. The van der Waals surface area contributed by atoms with Gasteiger partial charge < -0.3 is 9.47 Å². The summed E-state index contributed by atoms with van der Waals surface area (Å²) in [7, 11) is 3.42. The molecule has 0 unspecified atom stereocenters. The van der Waals surface area contributed by atoms with Gasteiger partial charge in [-0.25, -0.2) is 0 Å². The van der Waals surface area contributed by atoms with Gasteiger partial charge in [-0.2, -0.15) is 0 Å². The number of benzene rings is 6. The van der Waals surface area contributed by atoms with Gasteiger partial charge in [-0.3, -0.25) is 0 Å². The smallest absolute Gasteiger partial charge is 0.118 e. The van der Waals surface area contributed by atoms with Crippen LogP contribution in [0.25, 0.3) is 54.6 Å². The van der Waals surface area contributed by atoms with Gasteiger partial charge in [0.05, 0.1) is 14.2 Å². The Morgan fingerprint density at radius 1 is 0.529 bits per heavy atom. The Bertz CT molecular complexity index is 1610. The molecule has 0 bridgehead atoms. The summed E-state index contributed by atoms with van der Waals surface area (Å²) in [6.07, 6.45) is 0.943. The molecule has 0 aliphatic heterocycles. The first-order valence-corrected chi connectivity index (χ1v) is 11.7. The van der Waals surface area contributed by atoms with E-state index < -0.39 is 0 Å². The first kappa shape index (κ1) is 20.6. The van der Waals surface area contributed by atoms with Crippen LogP contribution in [0.1, 0.15) is 12.5 Å². The van der Waals surface area contributed by atoms with Crippen molar-refractivity contribution >= 4 is 32.3 Å². The molecule has 0 amide bonds. The highest BCUT2D eigenvalue weighted by Crippen LogP contribution is 2.47. The zero-order valence-corrected chi connectivity index (χ0v) is 19.7. The normalized spacial score (nSPS) is 11.5. The maximum absolute atomic E-state index is 5.46. The molecule has 6 rings (SSSR count). The zero-order valence-electron chi connectivity index (χ0n) is 19.7. The molecule has 0 atom stereocenters. The van der Waals surface area contributed by atoms with Gasteiger partial charge >= 0.3 is 0 Å². The third-order valence-corrected chi connectivity index (χ3v) is 7.03. The number of methoxy groups -OCH3 is 2. The molecule has 166 valence electrons. The Labute approximate surface area is 199 Å². The minimum absolute atomic E-state index is 0.864. The molecule has 2 nitrogen and oxygen atoms in total. The zero-order chi connectivity index (χ0) is 23.2. The molecule has 0 aliphatic rings. The molecule has 0 radical (unpaired) electrons. The summed E-state index contributed by atoms with van der Waals surface area (Å²) in [5.74, 6) is 1.73. The van der Waals surface area contributed by atoms with E-state index in [0.29, 0.717) is 0 Å². The fraction of sp³-hybridized carbons (Fsp3) is 0.125. The van der Waals surface area contributed by atoms with Crippen molar-refractivity contribution in [2.45, 2.75) is 13.3 Å². The highest BCUT2D eigenvalue weighted by Gasteiger charge is 2.21. The van der Waals surface area contributed by atoms with Crippen LogP contribution in [0, 0.1) is 0 Å². The standard InChI is InChI=1S/C32H26O2/c1-4-26-27-18-12-20-6-5-7-21-13-19-28(32(27)29(20)21)31(23-10-16-25(34-3)17-11-23)30(26)22-8-14-24(33-2)15-9-22/h5-19H,4H2,1-3H3. The van der Waals surface area contributed by atoms with Gasteiger partial charge in [0, 0.05) is 0 Å². The summed E-state index contributed by atoms with van der Waals surface area (Å²) in [6.45, 7) is 2.26. The molecule has 6 aromatic carbocycles. The summed E-state index contributed by atoms with van der Waals surface area (Å²) < 4.78 is 10.9. The van der Waals surface area contributed by atoms with Gasteiger partial charge in [-0.15, -0.1) is 0 Å². The topological polar surface area (TPSA) is 18.5 Å². The van der Waals surface area contributed by atoms with E-state index in [0.717, 1.165) is 17.9 Å². The molecule has 0 saturated carbocycles. The molecule has 0 spiro atoms. The summed E-state index contributed by atoms with van der Waals surface area (Å²) in [5.41, 5.74) is 6.34. The first-order chi connectivity index (χ1) is 16.7. The Balaban J connectivity index is 1.81. The van der Waals surface area contributed by atoms with Crippen LogP contribution >= 0.6 is 0 Å². The number of rotatable bonds is 5. The Morgan fingerprint density at radius 3 is 1.59 bits per heavy atom. The lowest BCUT2D eigenvalue weighted by Crippen LogP contribution is -1.98. The molecular weight excluding hydrogens is 416 g/mol. The third-order valence-electron chi connectivity index (χ3n) is 7.03. The maximum Gasteiger partial charge on any atom is 0.118 e. The lowest BCUT2D eigenvalue weighted by molar-refractivity contribution is 0.414. The van der Waals surface area contributed by atoms with Crippen LogP contribution in [0.2, 0.25) is 0 Å². The lowest BCUT2D eigenvalue weighted by Gasteiger charge is -2.23. The van der Waals surface area contributed by atoms with Gasteiger partial charge in [0.25, 0.3) is 0 Å². The average molecular weight is 443 g/mol. The van der Waals surface area contributed by atoms with E-state index in [1.54, 1.807) is 14.2 Å². The second-order valence-electron chi connectivity index (χ2n) is 8.72. The molecule has 0 heterocycles. The molecule has 2 heteroatoms. The van der Waals surface area contributed by atoms with Crippen molar-refractivity contribution in [3.63, 3.8) is 0 Å². The summed E-state index contributed by atoms with van der Waals surface area (Å²) >= 11 is 0. The molecule has 0 fully saturated rings. The number of hydrogen-bond donors (Lipinski definition) is 0. The lowest BCUT2D eigenvalue weighted by atomic mass is 9.81. The molecule has 0 aromatic heterocycles. The monoisotopic (exact) mass is 442 g/mol. The molecule has 34 heavy (non-hydrogen) atoms. The minimum Gasteiger partial charge on any atom is -0.497 e. The van der Waals surface area contributed by atoms with E-state index in [1.807, 2.05) is 0 Å². The summed E-state index contributed by atoms with van der Waals surface area (Å²) in [4.78, 5) is 0. The van der Waals surface area contributed by atoms with E-state index in [-0.39, 0.29) is 0 Å². The van der Waals surface area contributed by atoms with Crippen LogP contribution in [-0.4, -0.2) is 14.2 Å². The van der Waals surface area contributed by atoms with Crippen molar-refractivity contribution in [1.29, 1.82) is 0 Å². The Kier molecular flexibility index (Phi) is 4.88. The SMILES string of the molecule is CCc1c(-c2ccc(OC)cc2)c(-c2ccc(OC)cc2)c2ccc3cccc4ccc1c2c43. The predicted molar refractivity (Wildman–Crippen MR) is 143 cm³/mol. The Morgan fingerprint density at radius 2 is 1.06 bits per heavy atom. The van der Waals surface area contributed by atoms with Gasteiger partial charge in [0.1, 0.15) is 11.5 Å². The van der Waals surface area contributed by atoms with Crippen molar-refractivity contribution in [1.82, 2.24) is 0 Å². The fourth-order valence-corrected chi connectivity index (χ4v) is 5.46. The minimum atomic E-state index is 0.864.